The van der Waals surface area contributed by atoms with Gasteiger partial charge in [0, 0.05) is 30.3 Å². The van der Waals surface area contributed by atoms with Crippen molar-refractivity contribution in [3.63, 3.8) is 0 Å². The number of carbonyl (C=O) groups is 2. The number of rotatable bonds is 12. The van der Waals surface area contributed by atoms with Crippen molar-refractivity contribution in [1.29, 1.82) is 0 Å². The molecule has 0 bridgehead atoms. The van der Waals surface area contributed by atoms with E-state index in [0.29, 0.717) is 27.8 Å². The van der Waals surface area contributed by atoms with Crippen molar-refractivity contribution in [2.75, 3.05) is 5.75 Å². The zero-order valence-electron chi connectivity index (χ0n) is 20.9. The molecule has 37 heavy (non-hydrogen) atoms. The van der Waals surface area contributed by atoms with Gasteiger partial charge in [0.1, 0.15) is 11.9 Å². The van der Waals surface area contributed by atoms with Gasteiger partial charge in [-0.25, -0.2) is 4.39 Å². The van der Waals surface area contributed by atoms with E-state index in [1.165, 1.54) is 22.7 Å². The summed E-state index contributed by atoms with van der Waals surface area (Å²) in [6.45, 7) is 3.90. The zero-order chi connectivity index (χ0) is 26.8. The summed E-state index contributed by atoms with van der Waals surface area (Å²) in [6.07, 6.45) is 1.07. The molecular weight excluding hydrogens is 530 g/mol. The van der Waals surface area contributed by atoms with Crippen molar-refractivity contribution in [2.24, 2.45) is 0 Å². The van der Waals surface area contributed by atoms with Crippen molar-refractivity contribution in [3.05, 3.63) is 105 Å². The fourth-order valence-corrected chi connectivity index (χ4v) is 4.95. The smallest absolute Gasteiger partial charge is 0.243 e. The molecule has 3 rings (SSSR count). The third-order valence-electron chi connectivity index (χ3n) is 6.05. The topological polar surface area (TPSA) is 49.4 Å². The quantitative estimate of drug-likeness (QED) is 0.261. The monoisotopic (exact) mass is 560 g/mol. The van der Waals surface area contributed by atoms with Gasteiger partial charge in [-0.2, -0.15) is 0 Å². The highest BCUT2D eigenvalue weighted by molar-refractivity contribution is 7.99. The second-order valence-electron chi connectivity index (χ2n) is 8.88. The van der Waals surface area contributed by atoms with E-state index >= 15 is 0 Å². The van der Waals surface area contributed by atoms with Crippen LogP contribution in [0.1, 0.15) is 37.0 Å². The first-order valence-corrected chi connectivity index (χ1v) is 14.1. The molecule has 0 aliphatic carbocycles. The van der Waals surface area contributed by atoms with Crippen LogP contribution in [0.3, 0.4) is 0 Å². The second-order valence-corrected chi connectivity index (χ2v) is 10.7. The van der Waals surface area contributed by atoms with Crippen LogP contribution in [0, 0.1) is 5.82 Å². The van der Waals surface area contributed by atoms with E-state index in [1.807, 2.05) is 50.2 Å². The van der Waals surface area contributed by atoms with Crippen molar-refractivity contribution in [1.82, 2.24) is 10.2 Å². The Morgan fingerprint density at radius 3 is 2.35 bits per heavy atom. The molecule has 0 saturated carbocycles. The molecule has 0 spiro atoms. The molecule has 3 aromatic rings. The number of nitrogens with zero attached hydrogens (tertiary/aromatic N) is 1. The van der Waals surface area contributed by atoms with Gasteiger partial charge in [-0.05, 0) is 42.7 Å². The zero-order valence-corrected chi connectivity index (χ0v) is 23.3. The lowest BCUT2D eigenvalue weighted by Gasteiger charge is -2.32. The maximum atomic E-state index is 14.6. The number of amides is 2. The highest BCUT2D eigenvalue weighted by Crippen LogP contribution is 2.25. The average Bonchev–Trinajstić information content (AvgIpc) is 2.89. The largest absolute Gasteiger partial charge is 0.352 e. The van der Waals surface area contributed by atoms with Gasteiger partial charge >= 0.3 is 0 Å². The summed E-state index contributed by atoms with van der Waals surface area (Å²) in [5, 5.41) is 3.94. The van der Waals surface area contributed by atoms with Gasteiger partial charge in [0.25, 0.3) is 0 Å². The van der Waals surface area contributed by atoms with Crippen LogP contribution in [0.2, 0.25) is 10.0 Å². The Morgan fingerprint density at radius 1 is 0.973 bits per heavy atom. The molecule has 8 heteroatoms. The first kappa shape index (κ1) is 29.0. The molecule has 0 aliphatic heterocycles. The predicted octanol–water partition coefficient (Wildman–Crippen LogP) is 6.92. The Hall–Kier alpha value is -2.54. The Labute approximate surface area is 232 Å². The van der Waals surface area contributed by atoms with Crippen LogP contribution in [0.5, 0.6) is 0 Å². The summed E-state index contributed by atoms with van der Waals surface area (Å²) in [4.78, 5) is 28.6. The Bertz CT molecular complexity index is 1200. The summed E-state index contributed by atoms with van der Waals surface area (Å²) < 4.78 is 14.6. The van der Waals surface area contributed by atoms with E-state index in [-0.39, 0.29) is 30.2 Å². The number of carbonyl (C=O) groups excluding carboxylic acids is 2. The van der Waals surface area contributed by atoms with Gasteiger partial charge in [-0.1, -0.05) is 84.7 Å². The van der Waals surface area contributed by atoms with Gasteiger partial charge in [0.05, 0.1) is 15.8 Å². The number of benzene rings is 3. The van der Waals surface area contributed by atoms with Crippen molar-refractivity contribution >= 4 is 46.8 Å². The minimum absolute atomic E-state index is 0.00966. The number of hydrogen-bond acceptors (Lipinski definition) is 3. The lowest BCUT2D eigenvalue weighted by molar-refractivity contribution is -0.139. The third kappa shape index (κ3) is 8.77. The molecule has 0 unspecified atom stereocenters. The molecule has 0 aliphatic rings. The van der Waals surface area contributed by atoms with Crippen LogP contribution < -0.4 is 5.32 Å². The summed E-state index contributed by atoms with van der Waals surface area (Å²) in [6, 6.07) is 20.4. The van der Waals surface area contributed by atoms with Gasteiger partial charge in [-0.15, -0.1) is 11.8 Å². The molecule has 1 N–H and O–H groups in total. The number of nitrogens with one attached hydrogen (secondary N) is 1. The van der Waals surface area contributed by atoms with E-state index < -0.39 is 11.9 Å². The number of halogens is 3. The summed E-state index contributed by atoms with van der Waals surface area (Å²) in [7, 11) is 0. The molecule has 0 aromatic heterocycles. The highest BCUT2D eigenvalue weighted by atomic mass is 35.5. The average molecular weight is 562 g/mol. The second kappa shape index (κ2) is 14.4. The fraction of sp³-hybridized carbons (Fsp3) is 0.310. The lowest BCUT2D eigenvalue weighted by Crippen LogP contribution is -2.52. The standard InChI is InChI=1S/C29H31Cl2FN2O2S/c1-3-20(2)33-29(36)27(16-21-9-5-4-6-10-21)34(17-23-11-7-8-12-26(23)32)28(35)19-37-18-22-13-14-24(30)25(31)15-22/h4-15,20,27H,3,16-19H2,1-2H3,(H,33,36)/t20-,27-/m1/s1. The van der Waals surface area contributed by atoms with E-state index in [1.54, 1.807) is 30.3 Å². The Kier molecular flexibility index (Phi) is 11.3. The lowest BCUT2D eigenvalue weighted by atomic mass is 10.0. The minimum Gasteiger partial charge on any atom is -0.352 e. The molecule has 0 radical (unpaired) electrons. The molecule has 196 valence electrons. The summed E-state index contributed by atoms with van der Waals surface area (Å²) in [5.74, 6) is -0.245. The summed E-state index contributed by atoms with van der Waals surface area (Å²) in [5.41, 5.74) is 2.21. The van der Waals surface area contributed by atoms with Crippen LogP contribution in [-0.4, -0.2) is 34.6 Å². The van der Waals surface area contributed by atoms with E-state index in [9.17, 15) is 14.0 Å². The van der Waals surface area contributed by atoms with Crippen LogP contribution in [0.25, 0.3) is 0 Å². The van der Waals surface area contributed by atoms with Crippen LogP contribution in [0.4, 0.5) is 4.39 Å². The van der Waals surface area contributed by atoms with Crippen LogP contribution in [0.15, 0.2) is 72.8 Å². The van der Waals surface area contributed by atoms with Crippen LogP contribution >= 0.6 is 35.0 Å². The molecule has 3 aromatic carbocycles. The van der Waals surface area contributed by atoms with Crippen molar-refractivity contribution in [3.8, 4) is 0 Å². The molecule has 4 nitrogen and oxygen atoms in total. The molecule has 0 fully saturated rings. The van der Waals surface area contributed by atoms with E-state index in [4.69, 9.17) is 23.2 Å². The molecule has 2 amide bonds. The maximum absolute atomic E-state index is 14.6. The van der Waals surface area contributed by atoms with Crippen LogP contribution in [-0.2, 0) is 28.3 Å². The van der Waals surface area contributed by atoms with Gasteiger partial charge in [-0.3, -0.25) is 9.59 Å². The molecule has 0 heterocycles. The normalized spacial score (nSPS) is 12.6. The minimum atomic E-state index is -0.797. The van der Waals surface area contributed by atoms with E-state index in [0.717, 1.165) is 17.5 Å². The summed E-state index contributed by atoms with van der Waals surface area (Å²) >= 11 is 13.5. The molecule has 0 saturated heterocycles. The fourth-order valence-electron chi connectivity index (χ4n) is 3.77. The van der Waals surface area contributed by atoms with Gasteiger partial charge in [0.15, 0.2) is 0 Å². The molecule has 2 atom stereocenters. The Morgan fingerprint density at radius 2 is 1.68 bits per heavy atom. The van der Waals surface area contributed by atoms with Gasteiger partial charge in [0.2, 0.25) is 11.8 Å². The maximum Gasteiger partial charge on any atom is 0.243 e. The van der Waals surface area contributed by atoms with Crippen molar-refractivity contribution < 1.29 is 14.0 Å². The highest BCUT2D eigenvalue weighted by Gasteiger charge is 2.31. The first-order valence-electron chi connectivity index (χ1n) is 12.2. The van der Waals surface area contributed by atoms with Gasteiger partial charge < -0.3 is 10.2 Å². The predicted molar refractivity (Wildman–Crippen MR) is 151 cm³/mol. The molecular formula is C29H31Cl2FN2O2S. The van der Waals surface area contributed by atoms with Crippen molar-refractivity contribution in [2.45, 2.75) is 51.1 Å². The Balaban J connectivity index is 1.86. The van der Waals surface area contributed by atoms with E-state index in [2.05, 4.69) is 5.32 Å². The third-order valence-corrected chi connectivity index (χ3v) is 7.78. The number of hydrogen-bond donors (Lipinski definition) is 1. The SMILES string of the molecule is CC[C@@H](C)NC(=O)[C@@H](Cc1ccccc1)N(Cc1ccccc1F)C(=O)CSCc1ccc(Cl)c(Cl)c1. The first-order chi connectivity index (χ1) is 17.8. The number of thioether (sulfide) groups is 1.